The molecule has 1 heterocycles. The van der Waals surface area contributed by atoms with Crippen molar-refractivity contribution < 1.29 is 26.1 Å². The average Bonchev–Trinajstić information content (AvgIpc) is 2.13. The van der Waals surface area contributed by atoms with Crippen LogP contribution in [0.4, 0.5) is 26.1 Å². The van der Waals surface area contributed by atoms with Crippen molar-refractivity contribution in [2.75, 3.05) is 0 Å². The molecule has 0 atom stereocenters. The number of halogens is 6. The first kappa shape index (κ1) is 12.9. The van der Waals surface area contributed by atoms with Gasteiger partial charge in [0.05, 0.1) is 5.56 Å². The summed E-state index contributed by atoms with van der Waals surface area (Å²) in [7, 11) is 0. The zero-order chi connectivity index (χ0) is 12.4. The molecule has 0 radical (unpaired) electrons. The molecule has 0 amide bonds. The average molecular weight is 242 g/mol. The second kappa shape index (κ2) is 4.35. The highest BCUT2D eigenvalue weighted by Gasteiger charge is 2.30. The molecule has 0 saturated heterocycles. The van der Waals surface area contributed by atoms with Crippen LogP contribution in [-0.2, 0) is 12.6 Å². The van der Waals surface area contributed by atoms with Crippen LogP contribution in [0, 0.1) is 0 Å². The molecule has 0 fully saturated rings. The van der Waals surface area contributed by atoms with Gasteiger partial charge in [-0.1, -0.05) is 6.32 Å². The Morgan fingerprint density at radius 3 is 2.12 bits per heavy atom. The van der Waals surface area contributed by atoms with E-state index in [1.54, 1.807) is 0 Å². The van der Waals surface area contributed by atoms with Gasteiger partial charge in [0.15, 0.2) is 0 Å². The summed E-state index contributed by atoms with van der Waals surface area (Å²) in [5, 5.41) is 0. The van der Waals surface area contributed by atoms with Crippen LogP contribution < -0.4 is 0 Å². The monoisotopic (exact) mass is 242 g/mol. The van der Waals surface area contributed by atoms with Gasteiger partial charge in [-0.05, 0) is 18.6 Å². The summed E-state index contributed by atoms with van der Waals surface area (Å²) in [5.74, 6) is 0. The second-order valence-corrected chi connectivity index (χ2v) is 3.28. The normalized spacial score (nSPS) is 12.9. The zero-order valence-corrected chi connectivity index (χ0v) is 7.94. The molecular formula is C8H7BF6N-. The van der Waals surface area contributed by atoms with Crippen LogP contribution in [-0.4, -0.2) is 12.0 Å². The van der Waals surface area contributed by atoms with E-state index in [9.17, 15) is 26.1 Å². The molecule has 0 bridgehead atoms. The molecular weight excluding hydrogens is 235 g/mol. The van der Waals surface area contributed by atoms with Crippen LogP contribution in [0.15, 0.2) is 18.3 Å². The highest BCUT2D eigenvalue weighted by molar-refractivity contribution is 6.58. The van der Waals surface area contributed by atoms with Crippen molar-refractivity contribution in [1.82, 2.24) is 4.98 Å². The number of aromatic nitrogens is 1. The third-order valence-corrected chi connectivity index (χ3v) is 1.88. The maximum absolute atomic E-state index is 12.1. The van der Waals surface area contributed by atoms with E-state index in [1.165, 1.54) is 0 Å². The summed E-state index contributed by atoms with van der Waals surface area (Å²) < 4.78 is 71.8. The summed E-state index contributed by atoms with van der Waals surface area (Å²) in [6.45, 7) is -4.92. The number of aryl methyl sites for hydroxylation is 1. The maximum Gasteiger partial charge on any atom is 0.478 e. The Hall–Kier alpha value is -1.21. The Labute approximate surface area is 87.5 Å². The van der Waals surface area contributed by atoms with Crippen molar-refractivity contribution in [3.05, 3.63) is 29.6 Å². The lowest BCUT2D eigenvalue weighted by Crippen LogP contribution is -2.15. The molecule has 1 rings (SSSR count). The van der Waals surface area contributed by atoms with E-state index in [0.29, 0.717) is 6.20 Å². The Balaban J connectivity index is 2.66. The van der Waals surface area contributed by atoms with Crippen LogP contribution in [0.1, 0.15) is 11.3 Å². The molecule has 90 valence electrons. The minimum atomic E-state index is -4.92. The van der Waals surface area contributed by atoms with Crippen molar-refractivity contribution in [1.29, 1.82) is 0 Å². The Bertz CT molecular complexity index is 341. The summed E-state index contributed by atoms with van der Waals surface area (Å²) in [6.07, 6.45) is -5.39. The molecule has 0 unspecified atom stereocenters. The lowest BCUT2D eigenvalue weighted by molar-refractivity contribution is -0.137. The van der Waals surface area contributed by atoms with Crippen molar-refractivity contribution in [2.45, 2.75) is 18.9 Å². The van der Waals surface area contributed by atoms with Crippen molar-refractivity contribution in [2.24, 2.45) is 0 Å². The molecule has 8 heteroatoms. The SMILES string of the molecule is F[B-](F)(F)CCc1ccc(C(F)(F)F)cn1. The first-order valence-electron chi connectivity index (χ1n) is 4.41. The Morgan fingerprint density at radius 1 is 1.12 bits per heavy atom. The molecule has 0 aromatic carbocycles. The minimum Gasteiger partial charge on any atom is -0.449 e. The van der Waals surface area contributed by atoms with E-state index in [-0.39, 0.29) is 12.1 Å². The molecule has 0 aliphatic rings. The standard InChI is InChI=1S/C8H7BF6N/c10-8(11,12)6-1-2-7(16-5-6)3-4-9(13,14)15/h1-2,5H,3-4H2/q-1. The van der Waals surface area contributed by atoms with Crippen LogP contribution in [0.3, 0.4) is 0 Å². The fraction of sp³-hybridized carbons (Fsp3) is 0.375. The van der Waals surface area contributed by atoms with Crippen LogP contribution in [0.25, 0.3) is 0 Å². The van der Waals surface area contributed by atoms with E-state index < -0.39 is 25.0 Å². The van der Waals surface area contributed by atoms with Crippen LogP contribution in [0.2, 0.25) is 6.32 Å². The molecule has 0 spiro atoms. The van der Waals surface area contributed by atoms with Gasteiger partial charge in [-0.3, -0.25) is 4.98 Å². The van der Waals surface area contributed by atoms with Gasteiger partial charge in [0.1, 0.15) is 0 Å². The van der Waals surface area contributed by atoms with Crippen LogP contribution in [0.5, 0.6) is 0 Å². The van der Waals surface area contributed by atoms with E-state index >= 15 is 0 Å². The van der Waals surface area contributed by atoms with Crippen molar-refractivity contribution >= 4 is 6.98 Å². The smallest absolute Gasteiger partial charge is 0.449 e. The van der Waals surface area contributed by atoms with E-state index in [1.807, 2.05) is 0 Å². The summed E-state index contributed by atoms with van der Waals surface area (Å²) >= 11 is 0. The fourth-order valence-corrected chi connectivity index (χ4v) is 1.05. The highest BCUT2D eigenvalue weighted by atomic mass is 19.4. The number of rotatable bonds is 3. The predicted octanol–water partition coefficient (Wildman–Crippen LogP) is 3.49. The van der Waals surface area contributed by atoms with Crippen molar-refractivity contribution in [3.8, 4) is 0 Å². The van der Waals surface area contributed by atoms with E-state index in [4.69, 9.17) is 0 Å². The van der Waals surface area contributed by atoms with Crippen LogP contribution >= 0.6 is 0 Å². The quantitative estimate of drug-likeness (QED) is 0.583. The van der Waals surface area contributed by atoms with E-state index in [0.717, 1.165) is 12.1 Å². The maximum atomic E-state index is 12.1. The molecule has 0 N–H and O–H groups in total. The zero-order valence-electron chi connectivity index (χ0n) is 7.94. The first-order chi connectivity index (χ1) is 7.18. The number of hydrogen-bond acceptors (Lipinski definition) is 1. The van der Waals surface area contributed by atoms with Crippen molar-refractivity contribution in [3.63, 3.8) is 0 Å². The molecule has 0 saturated carbocycles. The van der Waals surface area contributed by atoms with Gasteiger partial charge in [-0.2, -0.15) is 13.2 Å². The van der Waals surface area contributed by atoms with Gasteiger partial charge >= 0.3 is 13.2 Å². The number of alkyl halides is 3. The molecule has 1 aromatic heterocycles. The number of hydrogen-bond donors (Lipinski definition) is 0. The lowest BCUT2D eigenvalue weighted by Gasteiger charge is -2.12. The van der Waals surface area contributed by atoms with E-state index in [2.05, 4.69) is 4.98 Å². The summed E-state index contributed by atoms with van der Waals surface area (Å²) in [4.78, 5) is 3.34. The third kappa shape index (κ3) is 4.12. The first-order valence-corrected chi connectivity index (χ1v) is 4.41. The minimum absolute atomic E-state index is 0.00667. The van der Waals surface area contributed by atoms with Gasteiger partial charge < -0.3 is 12.9 Å². The highest BCUT2D eigenvalue weighted by Crippen LogP contribution is 2.28. The number of nitrogens with zero attached hydrogens (tertiary/aromatic N) is 1. The summed E-state index contributed by atoms with van der Waals surface area (Å²) in [6, 6.07) is 1.69. The summed E-state index contributed by atoms with van der Waals surface area (Å²) in [5.41, 5.74) is -0.957. The molecule has 0 aliphatic carbocycles. The van der Waals surface area contributed by atoms with Gasteiger partial charge in [-0.25, -0.2) is 0 Å². The molecule has 0 aliphatic heterocycles. The fourth-order valence-electron chi connectivity index (χ4n) is 1.05. The van der Waals surface area contributed by atoms with Gasteiger partial charge in [0.25, 0.3) is 0 Å². The predicted molar refractivity (Wildman–Crippen MR) is 46.8 cm³/mol. The second-order valence-electron chi connectivity index (χ2n) is 3.28. The topological polar surface area (TPSA) is 12.9 Å². The van der Waals surface area contributed by atoms with Gasteiger partial charge in [0.2, 0.25) is 0 Å². The third-order valence-electron chi connectivity index (χ3n) is 1.88. The largest absolute Gasteiger partial charge is 0.478 e. The van der Waals surface area contributed by atoms with Gasteiger partial charge in [0, 0.05) is 11.9 Å². The Kier molecular flexibility index (Phi) is 3.49. The molecule has 1 aromatic rings. The van der Waals surface area contributed by atoms with Gasteiger partial charge in [-0.15, -0.1) is 0 Å². The Morgan fingerprint density at radius 2 is 1.75 bits per heavy atom. The number of pyridine rings is 1. The molecule has 1 nitrogen and oxygen atoms in total. The lowest BCUT2D eigenvalue weighted by atomic mass is 9.83. The molecule has 16 heavy (non-hydrogen) atoms.